The Balaban J connectivity index is 2.69. The van der Waals surface area contributed by atoms with Crippen molar-refractivity contribution in [3.8, 4) is 0 Å². The van der Waals surface area contributed by atoms with E-state index in [0.29, 0.717) is 5.02 Å². The molecular weight excluding hydrogens is 207 g/mol. The van der Waals surface area contributed by atoms with Crippen molar-refractivity contribution in [2.45, 2.75) is 0 Å². The molecule has 1 aromatic carbocycles. The van der Waals surface area contributed by atoms with Gasteiger partial charge in [-0.2, -0.15) is 0 Å². The van der Waals surface area contributed by atoms with Gasteiger partial charge in [-0.25, -0.2) is 0 Å². The number of halogens is 2. The van der Waals surface area contributed by atoms with Gasteiger partial charge in [0.1, 0.15) is 0 Å². The SMILES string of the molecule is O=C(C=Cc1ccc(Cl)cc1)CCl. The number of rotatable bonds is 3. The van der Waals surface area contributed by atoms with Crippen molar-refractivity contribution in [2.24, 2.45) is 0 Å². The molecule has 0 aliphatic heterocycles. The second-order valence-corrected chi connectivity index (χ2v) is 3.19. The molecule has 0 atom stereocenters. The molecule has 13 heavy (non-hydrogen) atoms. The monoisotopic (exact) mass is 214 g/mol. The van der Waals surface area contributed by atoms with Crippen LogP contribution in [0.2, 0.25) is 5.02 Å². The molecule has 0 saturated heterocycles. The maximum atomic E-state index is 10.8. The molecule has 0 aliphatic rings. The maximum Gasteiger partial charge on any atom is 0.170 e. The van der Waals surface area contributed by atoms with Crippen molar-refractivity contribution >= 4 is 35.1 Å². The number of carbonyl (C=O) groups excluding carboxylic acids is 1. The van der Waals surface area contributed by atoms with Crippen molar-refractivity contribution in [1.29, 1.82) is 0 Å². The van der Waals surface area contributed by atoms with E-state index in [4.69, 9.17) is 23.2 Å². The van der Waals surface area contributed by atoms with E-state index in [1.54, 1.807) is 18.2 Å². The largest absolute Gasteiger partial charge is 0.294 e. The van der Waals surface area contributed by atoms with Gasteiger partial charge in [0.2, 0.25) is 0 Å². The van der Waals surface area contributed by atoms with Crippen LogP contribution in [0, 0.1) is 0 Å². The van der Waals surface area contributed by atoms with Gasteiger partial charge in [-0.3, -0.25) is 4.79 Å². The fourth-order valence-electron chi connectivity index (χ4n) is 0.808. The first-order chi connectivity index (χ1) is 6.22. The molecule has 0 fully saturated rings. The lowest BCUT2D eigenvalue weighted by Gasteiger charge is -1.92. The molecule has 68 valence electrons. The average Bonchev–Trinajstić information content (AvgIpc) is 2.16. The third-order valence-corrected chi connectivity index (χ3v) is 1.98. The second-order valence-electron chi connectivity index (χ2n) is 2.48. The number of carbonyl (C=O) groups is 1. The predicted octanol–water partition coefficient (Wildman–Crippen LogP) is 3.16. The maximum absolute atomic E-state index is 10.8. The van der Waals surface area contributed by atoms with Gasteiger partial charge < -0.3 is 0 Å². The molecule has 0 aliphatic carbocycles. The predicted molar refractivity (Wildman–Crippen MR) is 56.2 cm³/mol. The normalized spacial score (nSPS) is 10.6. The van der Waals surface area contributed by atoms with Crippen LogP contribution in [-0.4, -0.2) is 11.7 Å². The molecule has 0 aromatic heterocycles. The van der Waals surface area contributed by atoms with Crippen molar-refractivity contribution in [3.05, 3.63) is 40.9 Å². The summed E-state index contributed by atoms with van der Waals surface area (Å²) in [4.78, 5) is 10.8. The van der Waals surface area contributed by atoms with Crippen molar-refractivity contribution < 1.29 is 4.79 Å². The van der Waals surface area contributed by atoms with Gasteiger partial charge in [-0.05, 0) is 23.8 Å². The summed E-state index contributed by atoms with van der Waals surface area (Å²) in [6.07, 6.45) is 3.16. The minimum atomic E-state index is -0.100. The molecule has 1 nitrogen and oxygen atoms in total. The van der Waals surface area contributed by atoms with Crippen LogP contribution in [-0.2, 0) is 4.79 Å². The van der Waals surface area contributed by atoms with Crippen LogP contribution in [0.4, 0.5) is 0 Å². The summed E-state index contributed by atoms with van der Waals surface area (Å²) in [7, 11) is 0. The first kappa shape index (κ1) is 10.3. The standard InChI is InChI=1S/C10H8Cl2O/c11-7-10(13)6-3-8-1-4-9(12)5-2-8/h1-6H,7H2. The Bertz CT molecular complexity index is 314. The molecule has 0 saturated carbocycles. The highest BCUT2D eigenvalue weighted by Gasteiger charge is 1.92. The lowest BCUT2D eigenvalue weighted by molar-refractivity contribution is -0.112. The topological polar surface area (TPSA) is 17.1 Å². The molecule has 0 unspecified atom stereocenters. The summed E-state index contributed by atoms with van der Waals surface area (Å²) in [5.41, 5.74) is 0.933. The fraction of sp³-hybridized carbons (Fsp3) is 0.100. The third kappa shape index (κ3) is 3.62. The quantitative estimate of drug-likeness (QED) is 0.559. The Hall–Kier alpha value is -0.790. The number of alkyl halides is 1. The minimum Gasteiger partial charge on any atom is -0.294 e. The molecular formula is C10H8Cl2O. The minimum absolute atomic E-state index is 0.0179. The van der Waals surface area contributed by atoms with E-state index in [1.165, 1.54) is 6.08 Å². The smallest absolute Gasteiger partial charge is 0.170 e. The zero-order valence-corrected chi connectivity index (χ0v) is 8.35. The van der Waals surface area contributed by atoms with Gasteiger partial charge in [0.25, 0.3) is 0 Å². The summed E-state index contributed by atoms with van der Waals surface area (Å²) in [5.74, 6) is -0.0824. The number of hydrogen-bond acceptors (Lipinski definition) is 1. The van der Waals surface area contributed by atoms with E-state index < -0.39 is 0 Å². The van der Waals surface area contributed by atoms with E-state index >= 15 is 0 Å². The van der Waals surface area contributed by atoms with E-state index in [-0.39, 0.29) is 11.7 Å². The number of hydrogen-bond donors (Lipinski definition) is 0. The lowest BCUT2D eigenvalue weighted by Crippen LogP contribution is -1.91. The van der Waals surface area contributed by atoms with Crippen molar-refractivity contribution in [1.82, 2.24) is 0 Å². The Labute approximate surface area is 87.0 Å². The summed E-state index contributed by atoms with van der Waals surface area (Å²) in [6.45, 7) is 0. The second kappa shape index (κ2) is 5.05. The zero-order valence-electron chi connectivity index (χ0n) is 6.84. The van der Waals surface area contributed by atoms with E-state index in [0.717, 1.165) is 5.56 Å². The first-order valence-electron chi connectivity index (χ1n) is 3.75. The van der Waals surface area contributed by atoms with Crippen LogP contribution in [0.25, 0.3) is 6.08 Å². The summed E-state index contributed by atoms with van der Waals surface area (Å²) >= 11 is 11.0. The molecule has 1 aromatic rings. The van der Waals surface area contributed by atoms with Gasteiger partial charge >= 0.3 is 0 Å². The molecule has 0 heterocycles. The molecule has 0 spiro atoms. The van der Waals surface area contributed by atoms with Gasteiger partial charge in [-0.15, -0.1) is 11.6 Å². The van der Waals surface area contributed by atoms with E-state index in [9.17, 15) is 4.79 Å². The van der Waals surface area contributed by atoms with Crippen molar-refractivity contribution in [3.63, 3.8) is 0 Å². The summed E-state index contributed by atoms with van der Waals surface area (Å²) in [6, 6.07) is 7.21. The van der Waals surface area contributed by atoms with Crippen LogP contribution in [0.5, 0.6) is 0 Å². The molecule has 0 amide bonds. The summed E-state index contributed by atoms with van der Waals surface area (Å²) in [5, 5.41) is 0.681. The average molecular weight is 215 g/mol. The highest BCUT2D eigenvalue weighted by atomic mass is 35.5. The highest BCUT2D eigenvalue weighted by Crippen LogP contribution is 2.10. The molecule has 0 radical (unpaired) electrons. The van der Waals surface area contributed by atoms with E-state index in [2.05, 4.69) is 0 Å². The Morgan fingerprint density at radius 2 is 1.92 bits per heavy atom. The lowest BCUT2D eigenvalue weighted by atomic mass is 10.2. The molecule has 1 rings (SSSR count). The number of allylic oxidation sites excluding steroid dienone is 1. The van der Waals surface area contributed by atoms with Crippen LogP contribution in [0.15, 0.2) is 30.3 Å². The van der Waals surface area contributed by atoms with Gasteiger partial charge in [0.15, 0.2) is 5.78 Å². The molecule has 0 bridgehead atoms. The summed E-state index contributed by atoms with van der Waals surface area (Å²) < 4.78 is 0. The van der Waals surface area contributed by atoms with Gasteiger partial charge in [0, 0.05) is 5.02 Å². The highest BCUT2D eigenvalue weighted by molar-refractivity contribution is 6.30. The van der Waals surface area contributed by atoms with Crippen LogP contribution in [0.1, 0.15) is 5.56 Å². The number of benzene rings is 1. The van der Waals surface area contributed by atoms with Crippen LogP contribution in [0.3, 0.4) is 0 Å². The van der Waals surface area contributed by atoms with Crippen LogP contribution < -0.4 is 0 Å². The Kier molecular flexibility index (Phi) is 4.00. The van der Waals surface area contributed by atoms with E-state index in [1.807, 2.05) is 12.1 Å². The molecule has 0 N–H and O–H groups in total. The Morgan fingerprint density at radius 1 is 1.31 bits per heavy atom. The number of ketones is 1. The third-order valence-electron chi connectivity index (χ3n) is 1.46. The molecule has 3 heteroatoms. The zero-order chi connectivity index (χ0) is 9.68. The Morgan fingerprint density at radius 3 is 2.46 bits per heavy atom. The van der Waals surface area contributed by atoms with Gasteiger partial charge in [0.05, 0.1) is 5.88 Å². The van der Waals surface area contributed by atoms with Crippen LogP contribution >= 0.6 is 23.2 Å². The van der Waals surface area contributed by atoms with Crippen molar-refractivity contribution in [2.75, 3.05) is 5.88 Å². The fourth-order valence-corrected chi connectivity index (χ4v) is 1.02. The van der Waals surface area contributed by atoms with Gasteiger partial charge in [-0.1, -0.05) is 29.8 Å². The first-order valence-corrected chi connectivity index (χ1v) is 4.66.